The van der Waals surface area contributed by atoms with Gasteiger partial charge in [0.05, 0.1) is 17.8 Å². The second-order valence-electron chi connectivity index (χ2n) is 5.93. The van der Waals surface area contributed by atoms with E-state index >= 15 is 0 Å². The van der Waals surface area contributed by atoms with Crippen molar-refractivity contribution in [3.05, 3.63) is 48.0 Å². The molecule has 0 spiro atoms. The van der Waals surface area contributed by atoms with Gasteiger partial charge in [0.25, 0.3) is 0 Å². The van der Waals surface area contributed by atoms with E-state index in [0.717, 1.165) is 36.3 Å². The average molecular weight is 346 g/mol. The lowest BCUT2D eigenvalue weighted by atomic mass is 10.00. The van der Waals surface area contributed by atoms with Crippen molar-refractivity contribution >= 4 is 21.2 Å². The van der Waals surface area contributed by atoms with Crippen LogP contribution in [-0.2, 0) is 16.3 Å². The Bertz CT molecular complexity index is 834. The van der Waals surface area contributed by atoms with Gasteiger partial charge < -0.3 is 15.4 Å². The SMILES string of the molecule is COc1cccc(S(=O)(=O)CCN2CCCc3c(N)cccc32)c1. The first-order chi connectivity index (χ1) is 11.5. The summed E-state index contributed by atoms with van der Waals surface area (Å²) in [5.74, 6) is 0.612. The van der Waals surface area contributed by atoms with Crippen LogP contribution in [0.5, 0.6) is 5.75 Å². The third-order valence-corrected chi connectivity index (χ3v) is 6.11. The fourth-order valence-electron chi connectivity index (χ4n) is 3.10. The molecule has 6 heteroatoms. The molecular formula is C18H22N2O3S. The number of methoxy groups -OCH3 is 1. The number of rotatable bonds is 5. The smallest absolute Gasteiger partial charge is 0.180 e. The number of ether oxygens (including phenoxy) is 1. The topological polar surface area (TPSA) is 72.6 Å². The monoisotopic (exact) mass is 346 g/mol. The predicted molar refractivity (Wildman–Crippen MR) is 96.4 cm³/mol. The average Bonchev–Trinajstić information content (AvgIpc) is 2.60. The van der Waals surface area contributed by atoms with Gasteiger partial charge in [0.2, 0.25) is 0 Å². The highest BCUT2D eigenvalue weighted by Crippen LogP contribution is 2.31. The van der Waals surface area contributed by atoms with Crippen molar-refractivity contribution in [2.24, 2.45) is 0 Å². The van der Waals surface area contributed by atoms with Crippen molar-refractivity contribution in [3.63, 3.8) is 0 Å². The van der Waals surface area contributed by atoms with Gasteiger partial charge >= 0.3 is 0 Å². The van der Waals surface area contributed by atoms with E-state index in [0.29, 0.717) is 17.2 Å². The number of nitrogens with two attached hydrogens (primary N) is 1. The van der Waals surface area contributed by atoms with Crippen molar-refractivity contribution in [2.75, 3.05) is 36.6 Å². The summed E-state index contributed by atoms with van der Waals surface area (Å²) in [4.78, 5) is 2.42. The normalized spacial score (nSPS) is 14.3. The van der Waals surface area contributed by atoms with Gasteiger partial charge in [-0.2, -0.15) is 0 Å². The molecule has 0 unspecified atom stereocenters. The molecule has 0 amide bonds. The third-order valence-electron chi connectivity index (χ3n) is 4.41. The van der Waals surface area contributed by atoms with E-state index in [4.69, 9.17) is 10.5 Å². The van der Waals surface area contributed by atoms with E-state index in [1.807, 2.05) is 18.2 Å². The van der Waals surface area contributed by atoms with Crippen LogP contribution in [-0.4, -0.2) is 34.4 Å². The van der Waals surface area contributed by atoms with Crippen LogP contribution < -0.4 is 15.4 Å². The van der Waals surface area contributed by atoms with Crippen molar-refractivity contribution in [1.82, 2.24) is 0 Å². The number of benzene rings is 2. The molecule has 24 heavy (non-hydrogen) atoms. The highest BCUT2D eigenvalue weighted by molar-refractivity contribution is 7.91. The molecule has 0 aromatic heterocycles. The minimum atomic E-state index is -3.36. The van der Waals surface area contributed by atoms with Crippen LogP contribution in [0.4, 0.5) is 11.4 Å². The van der Waals surface area contributed by atoms with E-state index in [2.05, 4.69) is 4.90 Å². The zero-order chi connectivity index (χ0) is 17.2. The first-order valence-electron chi connectivity index (χ1n) is 8.00. The van der Waals surface area contributed by atoms with Gasteiger partial charge in [-0.25, -0.2) is 8.42 Å². The van der Waals surface area contributed by atoms with Crippen LogP contribution in [0.25, 0.3) is 0 Å². The molecule has 0 atom stereocenters. The standard InChI is InChI=1S/C18H22N2O3S/c1-23-14-5-2-6-15(13-14)24(21,22)12-11-20-10-4-7-16-17(19)8-3-9-18(16)20/h2-3,5-6,8-9,13H,4,7,10-12,19H2,1H3. The van der Waals surface area contributed by atoms with E-state index in [1.165, 1.54) is 7.11 Å². The Morgan fingerprint density at radius 1 is 1.21 bits per heavy atom. The third kappa shape index (κ3) is 3.33. The summed E-state index contributed by atoms with van der Waals surface area (Å²) in [6.45, 7) is 1.31. The summed E-state index contributed by atoms with van der Waals surface area (Å²) in [5, 5.41) is 0. The number of hydrogen-bond donors (Lipinski definition) is 1. The fraction of sp³-hybridized carbons (Fsp3) is 0.333. The van der Waals surface area contributed by atoms with Gasteiger partial charge in [-0.1, -0.05) is 12.1 Å². The summed E-state index contributed by atoms with van der Waals surface area (Å²) >= 11 is 0. The lowest BCUT2D eigenvalue weighted by Crippen LogP contribution is -2.34. The van der Waals surface area contributed by atoms with Crippen LogP contribution in [0.1, 0.15) is 12.0 Å². The second-order valence-corrected chi connectivity index (χ2v) is 8.04. The number of hydrogen-bond acceptors (Lipinski definition) is 5. The van der Waals surface area contributed by atoms with Gasteiger partial charge in [0.1, 0.15) is 5.75 Å². The quantitative estimate of drug-likeness (QED) is 0.842. The highest BCUT2D eigenvalue weighted by Gasteiger charge is 2.22. The van der Waals surface area contributed by atoms with E-state index in [9.17, 15) is 8.42 Å². The summed E-state index contributed by atoms with van der Waals surface area (Å²) in [6, 6.07) is 12.4. The Kier molecular flexibility index (Phi) is 4.66. The molecule has 2 aromatic carbocycles. The maximum absolute atomic E-state index is 12.6. The van der Waals surface area contributed by atoms with E-state index < -0.39 is 9.84 Å². The number of nitrogens with zero attached hydrogens (tertiary/aromatic N) is 1. The van der Waals surface area contributed by atoms with Gasteiger partial charge in [-0.3, -0.25) is 0 Å². The highest BCUT2D eigenvalue weighted by atomic mass is 32.2. The van der Waals surface area contributed by atoms with E-state index in [-0.39, 0.29) is 5.75 Å². The Morgan fingerprint density at radius 3 is 2.79 bits per heavy atom. The first-order valence-corrected chi connectivity index (χ1v) is 9.65. The van der Waals surface area contributed by atoms with Gasteiger partial charge in [-0.05, 0) is 48.7 Å². The summed E-state index contributed by atoms with van der Waals surface area (Å²) in [5.41, 5.74) is 9.02. The van der Waals surface area contributed by atoms with Gasteiger partial charge in [-0.15, -0.1) is 0 Å². The van der Waals surface area contributed by atoms with Crippen LogP contribution >= 0.6 is 0 Å². The predicted octanol–water partition coefficient (Wildman–Crippen LogP) is 2.50. The van der Waals surface area contributed by atoms with Crippen molar-refractivity contribution in [2.45, 2.75) is 17.7 Å². The van der Waals surface area contributed by atoms with Crippen molar-refractivity contribution in [1.29, 1.82) is 0 Å². The molecule has 0 saturated heterocycles. The summed E-state index contributed by atoms with van der Waals surface area (Å²) < 4.78 is 30.3. The lowest BCUT2D eigenvalue weighted by Gasteiger charge is -2.32. The molecule has 0 bridgehead atoms. The molecule has 2 N–H and O–H groups in total. The van der Waals surface area contributed by atoms with Crippen LogP contribution in [0.15, 0.2) is 47.4 Å². The largest absolute Gasteiger partial charge is 0.497 e. The molecule has 2 aromatic rings. The zero-order valence-corrected chi connectivity index (χ0v) is 14.6. The van der Waals surface area contributed by atoms with Crippen LogP contribution in [0, 0.1) is 0 Å². The Morgan fingerprint density at radius 2 is 2.00 bits per heavy atom. The molecule has 3 rings (SSSR count). The molecule has 1 heterocycles. The Hall–Kier alpha value is -2.21. The molecule has 0 saturated carbocycles. The van der Waals surface area contributed by atoms with Crippen LogP contribution in [0.2, 0.25) is 0 Å². The first kappa shape index (κ1) is 16.6. The minimum Gasteiger partial charge on any atom is -0.497 e. The van der Waals surface area contributed by atoms with Crippen molar-refractivity contribution in [3.8, 4) is 5.75 Å². The second kappa shape index (κ2) is 6.73. The lowest BCUT2D eigenvalue weighted by molar-refractivity contribution is 0.413. The van der Waals surface area contributed by atoms with Crippen molar-refractivity contribution < 1.29 is 13.2 Å². The summed E-state index contributed by atoms with van der Waals surface area (Å²) in [7, 11) is -1.83. The molecule has 1 aliphatic heterocycles. The summed E-state index contributed by atoms with van der Waals surface area (Å²) in [6.07, 6.45) is 1.93. The number of nitrogen functional groups attached to an aromatic ring is 1. The Labute approximate surface area is 143 Å². The Balaban J connectivity index is 1.78. The molecule has 0 fully saturated rings. The molecular weight excluding hydrogens is 324 g/mol. The van der Waals surface area contributed by atoms with Gasteiger partial charge in [0.15, 0.2) is 9.84 Å². The fourth-order valence-corrected chi connectivity index (χ4v) is 4.38. The molecule has 128 valence electrons. The number of fused-ring (bicyclic) bond motifs is 1. The maximum atomic E-state index is 12.6. The van der Waals surface area contributed by atoms with Gasteiger partial charge in [0, 0.05) is 24.5 Å². The molecule has 0 aliphatic carbocycles. The molecule has 5 nitrogen and oxygen atoms in total. The maximum Gasteiger partial charge on any atom is 0.180 e. The number of anilines is 2. The van der Waals surface area contributed by atoms with E-state index in [1.54, 1.807) is 24.3 Å². The minimum absolute atomic E-state index is 0.0639. The molecule has 1 aliphatic rings. The molecule has 0 radical (unpaired) electrons. The number of sulfone groups is 1. The zero-order valence-electron chi connectivity index (χ0n) is 13.7. The van der Waals surface area contributed by atoms with Crippen LogP contribution in [0.3, 0.4) is 0 Å².